The molecule has 0 radical (unpaired) electrons. The van der Waals surface area contributed by atoms with E-state index in [1.54, 1.807) is 27.8 Å². The summed E-state index contributed by atoms with van der Waals surface area (Å²) in [4.78, 5) is 5.65. The van der Waals surface area contributed by atoms with Gasteiger partial charge in [0.05, 0.1) is 5.69 Å². The Bertz CT molecular complexity index is 3180. The van der Waals surface area contributed by atoms with E-state index in [0.29, 0.717) is 0 Å². The molecule has 11 aliphatic rings. The van der Waals surface area contributed by atoms with Crippen molar-refractivity contribution >= 4 is 78.0 Å². The number of nitrogens with zero attached hydrogens (tertiary/aromatic N) is 2. The first-order valence-electron chi connectivity index (χ1n) is 28.0. The van der Waals surface area contributed by atoms with Gasteiger partial charge in [-0.3, -0.25) is 0 Å². The molecule has 4 heteroatoms. The number of hydrogen-bond donors (Lipinski definition) is 0. The van der Waals surface area contributed by atoms with Gasteiger partial charge in [0.25, 0.3) is 6.71 Å². The van der Waals surface area contributed by atoms with Crippen LogP contribution >= 0.6 is 11.3 Å². The van der Waals surface area contributed by atoms with E-state index >= 15 is 0 Å². The minimum absolute atomic E-state index is 0.0758. The van der Waals surface area contributed by atoms with Crippen LogP contribution in [0.1, 0.15) is 174 Å². The van der Waals surface area contributed by atoms with Gasteiger partial charge in [0.2, 0.25) is 0 Å². The van der Waals surface area contributed by atoms with Crippen molar-refractivity contribution in [3.05, 3.63) is 124 Å². The molecule has 9 aliphatic carbocycles. The maximum absolute atomic E-state index is 2.86. The van der Waals surface area contributed by atoms with E-state index in [0.717, 1.165) is 41.4 Å². The lowest BCUT2D eigenvalue weighted by molar-refractivity contribution is -0.212. The van der Waals surface area contributed by atoms with E-state index in [4.69, 9.17) is 0 Å². The van der Waals surface area contributed by atoms with E-state index in [2.05, 4.69) is 188 Å². The van der Waals surface area contributed by atoms with Gasteiger partial charge < -0.3 is 9.80 Å². The fourth-order valence-corrected chi connectivity index (χ4v) is 19.7. The lowest BCUT2D eigenvalue weighted by Gasteiger charge is -2.72. The molecule has 0 N–H and O–H groups in total. The first-order chi connectivity index (χ1) is 33.2. The van der Waals surface area contributed by atoms with Gasteiger partial charge in [-0.05, 0) is 231 Å². The van der Waals surface area contributed by atoms with E-state index in [1.165, 1.54) is 130 Å². The standard InChI is InChI=1S/C66H75BN2S/c1-61(2,3)38-16-18-40(19-17-38)69-56-30-39(66-34-46-43-26-37-27-44(46)48(36-66)45(28-37)47(43)35-66)29-55-58(56)67(60-59(69)42-14-12-13-15-57(42)70-60)53-32-51-52(65(10,11)25-24-64(51,8)9)33-54(53)68(55)41-20-21-49-50(31-41)63(6,7)23-22-62(49,4)5/h12-21,29-33,37,43-48H,22-28,34-36H2,1-11H3/t37?,43-,44-,45?,46?,47?,48?,66-/m0/s1. The Morgan fingerprint density at radius 2 is 1.06 bits per heavy atom. The highest BCUT2D eigenvalue weighted by Crippen LogP contribution is 2.75. The Kier molecular flexibility index (Phi) is 8.45. The van der Waals surface area contributed by atoms with Crippen LogP contribution in [0.3, 0.4) is 0 Å². The Hall–Kier alpha value is -4.28. The van der Waals surface area contributed by atoms with E-state index in [9.17, 15) is 0 Å². The van der Waals surface area contributed by atoms with Gasteiger partial charge in [0.15, 0.2) is 0 Å². The number of benzene rings is 5. The third-order valence-electron chi connectivity index (χ3n) is 22.2. The highest BCUT2D eigenvalue weighted by molar-refractivity contribution is 7.33. The molecule has 7 fully saturated rings. The number of thiophene rings is 1. The van der Waals surface area contributed by atoms with Gasteiger partial charge in [-0.1, -0.05) is 119 Å². The van der Waals surface area contributed by atoms with Crippen LogP contribution in [0.4, 0.5) is 34.1 Å². The Balaban J connectivity index is 1.06. The molecule has 3 heterocycles. The Morgan fingerprint density at radius 3 is 1.66 bits per heavy atom. The van der Waals surface area contributed by atoms with E-state index in [-0.39, 0.29) is 39.2 Å². The fourth-order valence-electron chi connectivity index (χ4n) is 18.4. The van der Waals surface area contributed by atoms with Crippen molar-refractivity contribution in [3.63, 3.8) is 0 Å². The summed E-state index contributed by atoms with van der Waals surface area (Å²) in [6.45, 7) is 27.4. The van der Waals surface area contributed by atoms with E-state index < -0.39 is 0 Å². The van der Waals surface area contributed by atoms with Crippen LogP contribution in [0.25, 0.3) is 10.1 Å². The summed E-state index contributed by atoms with van der Waals surface area (Å²) in [6, 6.07) is 38.2. The van der Waals surface area contributed by atoms with Crippen molar-refractivity contribution in [2.45, 2.75) is 173 Å². The Morgan fingerprint density at radius 1 is 0.529 bits per heavy atom. The zero-order valence-electron chi connectivity index (χ0n) is 44.2. The smallest absolute Gasteiger partial charge is 0.264 e. The molecule has 5 aromatic carbocycles. The second kappa shape index (κ2) is 13.7. The van der Waals surface area contributed by atoms with E-state index in [1.807, 2.05) is 0 Å². The highest BCUT2D eigenvalue weighted by Gasteiger charge is 2.68. The molecule has 0 atom stereocenters. The molecule has 7 saturated carbocycles. The molecular weight excluding hydrogens is 864 g/mol. The first kappa shape index (κ1) is 43.3. The molecule has 70 heavy (non-hydrogen) atoms. The second-order valence-corrected chi connectivity index (χ2v) is 29.9. The topological polar surface area (TPSA) is 6.48 Å². The van der Waals surface area contributed by atoms with Crippen LogP contribution in [0, 0.1) is 41.4 Å². The zero-order valence-corrected chi connectivity index (χ0v) is 45.0. The summed E-state index contributed by atoms with van der Waals surface area (Å²) in [5.41, 5.74) is 21.4. The van der Waals surface area contributed by atoms with Crippen molar-refractivity contribution in [1.29, 1.82) is 0 Å². The molecule has 0 saturated heterocycles. The van der Waals surface area contributed by atoms with Crippen LogP contribution < -0.4 is 25.5 Å². The normalized spacial score (nSPS) is 31.4. The van der Waals surface area contributed by atoms with Crippen molar-refractivity contribution < 1.29 is 0 Å². The zero-order chi connectivity index (χ0) is 48.0. The summed E-state index contributed by atoms with van der Waals surface area (Å²) in [5.74, 6) is 6.72. The molecule has 358 valence electrons. The van der Waals surface area contributed by atoms with Gasteiger partial charge >= 0.3 is 0 Å². The molecule has 1 aromatic heterocycles. The molecule has 0 spiro atoms. The summed E-state index contributed by atoms with van der Waals surface area (Å²) in [7, 11) is 0. The van der Waals surface area contributed by atoms with Crippen LogP contribution in [-0.4, -0.2) is 6.71 Å². The molecule has 6 aromatic rings. The summed E-state index contributed by atoms with van der Waals surface area (Å²) < 4.78 is 2.90. The summed E-state index contributed by atoms with van der Waals surface area (Å²) >= 11 is 2.07. The SMILES string of the molecule is CC(C)(C)c1ccc(N2c3cc([C@]45CC6C7CC8C[C@H]6C(C4)[C@H](C8)C7C5)cc4c3B(c3cc5c(cc3N4c3ccc4c(c3)C(C)(C)CCC4(C)C)C(C)(C)CCC5(C)C)c3sc4ccccc4c32)cc1. The molecule has 2 nitrogen and oxygen atoms in total. The minimum Gasteiger partial charge on any atom is -0.311 e. The van der Waals surface area contributed by atoms with Crippen molar-refractivity contribution in [3.8, 4) is 0 Å². The first-order valence-corrected chi connectivity index (χ1v) is 28.8. The second-order valence-electron chi connectivity index (χ2n) is 28.8. The summed E-state index contributed by atoms with van der Waals surface area (Å²) in [6.07, 6.45) is 13.7. The van der Waals surface area contributed by atoms with Crippen LogP contribution in [0.5, 0.6) is 0 Å². The fraction of sp³-hybridized carbons (Fsp3) is 0.515. The average Bonchev–Trinajstić information content (AvgIpc) is 3.72. The van der Waals surface area contributed by atoms with Gasteiger partial charge in [-0.25, -0.2) is 0 Å². The van der Waals surface area contributed by atoms with Crippen molar-refractivity contribution in [2.24, 2.45) is 41.4 Å². The van der Waals surface area contributed by atoms with Crippen molar-refractivity contribution in [2.75, 3.05) is 9.80 Å². The molecule has 17 rings (SSSR count). The van der Waals surface area contributed by atoms with Crippen molar-refractivity contribution in [1.82, 2.24) is 0 Å². The maximum Gasteiger partial charge on any atom is 0.264 e. The molecule has 0 amide bonds. The number of anilines is 6. The monoisotopic (exact) mass is 939 g/mol. The molecular formula is C66H75BN2S. The van der Waals surface area contributed by atoms with Gasteiger partial charge in [-0.15, -0.1) is 11.3 Å². The lowest BCUT2D eigenvalue weighted by Crippen LogP contribution is -2.66. The molecule has 0 unspecified atom stereocenters. The van der Waals surface area contributed by atoms with Crippen LogP contribution in [0.15, 0.2) is 91.0 Å². The Labute approximate surface area is 424 Å². The third-order valence-corrected chi connectivity index (χ3v) is 23.5. The van der Waals surface area contributed by atoms with Gasteiger partial charge in [0, 0.05) is 43.3 Å². The predicted octanol–water partition coefficient (Wildman–Crippen LogP) is 15.9. The summed E-state index contributed by atoms with van der Waals surface area (Å²) in [5, 5.41) is 1.39. The highest BCUT2D eigenvalue weighted by atomic mass is 32.1. The van der Waals surface area contributed by atoms with Gasteiger partial charge in [0.1, 0.15) is 0 Å². The molecule has 2 aliphatic heterocycles. The van der Waals surface area contributed by atoms with Gasteiger partial charge in [-0.2, -0.15) is 0 Å². The maximum atomic E-state index is 2.86. The molecule has 8 bridgehead atoms. The predicted molar refractivity (Wildman–Crippen MR) is 299 cm³/mol. The minimum atomic E-state index is 0.0758. The van der Waals surface area contributed by atoms with Crippen LogP contribution in [0.2, 0.25) is 0 Å². The number of hydrogen-bond acceptors (Lipinski definition) is 3. The number of fused-ring (bicyclic) bond motifs is 8. The number of rotatable bonds is 3. The quantitative estimate of drug-likeness (QED) is 0.163. The average molecular weight is 939 g/mol. The third kappa shape index (κ3) is 5.65. The van der Waals surface area contributed by atoms with Crippen LogP contribution in [-0.2, 0) is 32.5 Å². The lowest BCUT2D eigenvalue weighted by atomic mass is 9.32. The largest absolute Gasteiger partial charge is 0.311 e.